The number of hydrogen-bond donors (Lipinski definition) is 2. The molecule has 1 aromatic carbocycles. The van der Waals surface area contributed by atoms with Crippen molar-refractivity contribution in [3.05, 3.63) is 17.7 Å². The van der Waals surface area contributed by atoms with Gasteiger partial charge in [-0.3, -0.25) is 20.4 Å². The van der Waals surface area contributed by atoms with E-state index in [1.54, 1.807) is 12.1 Å². The molecule has 7 heteroatoms. The second-order valence-electron chi connectivity index (χ2n) is 7.06. The van der Waals surface area contributed by atoms with E-state index in [4.69, 9.17) is 14.2 Å². The van der Waals surface area contributed by atoms with Crippen LogP contribution in [-0.2, 0) is 4.79 Å². The molecule has 142 valence electrons. The van der Waals surface area contributed by atoms with Crippen molar-refractivity contribution < 1.29 is 23.8 Å². The van der Waals surface area contributed by atoms with Crippen molar-refractivity contribution in [2.24, 2.45) is 17.8 Å². The van der Waals surface area contributed by atoms with Crippen LogP contribution in [0.1, 0.15) is 42.5 Å². The molecule has 2 bridgehead atoms. The fraction of sp³-hybridized carbons (Fsp3) is 0.579. The summed E-state index contributed by atoms with van der Waals surface area (Å²) in [6, 6.07) is 3.08. The molecule has 3 rings (SSSR count). The zero-order valence-corrected chi connectivity index (χ0v) is 15.5. The van der Waals surface area contributed by atoms with E-state index in [9.17, 15) is 9.59 Å². The van der Waals surface area contributed by atoms with E-state index in [1.165, 1.54) is 40.6 Å². The van der Waals surface area contributed by atoms with E-state index in [-0.39, 0.29) is 5.91 Å². The van der Waals surface area contributed by atoms with E-state index >= 15 is 0 Å². The molecule has 0 heterocycles. The van der Waals surface area contributed by atoms with Crippen molar-refractivity contribution >= 4 is 11.8 Å². The van der Waals surface area contributed by atoms with Gasteiger partial charge in [-0.1, -0.05) is 6.42 Å². The Morgan fingerprint density at radius 3 is 2.19 bits per heavy atom. The fourth-order valence-corrected chi connectivity index (χ4v) is 4.33. The van der Waals surface area contributed by atoms with Crippen LogP contribution in [0.5, 0.6) is 17.2 Å². The topological polar surface area (TPSA) is 85.9 Å². The third-order valence-corrected chi connectivity index (χ3v) is 5.57. The Labute approximate surface area is 153 Å². The number of hydrogen-bond acceptors (Lipinski definition) is 5. The number of ether oxygens (including phenoxy) is 3. The van der Waals surface area contributed by atoms with Crippen LogP contribution in [-0.4, -0.2) is 33.1 Å². The van der Waals surface area contributed by atoms with Crippen LogP contribution >= 0.6 is 0 Å². The Morgan fingerprint density at radius 2 is 1.69 bits per heavy atom. The summed E-state index contributed by atoms with van der Waals surface area (Å²) in [4.78, 5) is 24.5. The van der Waals surface area contributed by atoms with Gasteiger partial charge in [0.1, 0.15) is 0 Å². The standard InChI is InChI=1S/C19H26N2O5/c1-24-15-8-14(9-16(25-2)18(15)26-3)19(23)21-20-17(22)10-13-7-11-4-5-12(13)6-11/h8-9,11-13H,4-7,10H2,1-3H3,(H,20,22)(H,21,23)/t11-,12-,13+/m1/s1. The molecule has 2 aliphatic rings. The van der Waals surface area contributed by atoms with E-state index in [0.29, 0.717) is 41.1 Å². The molecule has 2 N–H and O–H groups in total. The summed E-state index contributed by atoms with van der Waals surface area (Å²) < 4.78 is 15.7. The van der Waals surface area contributed by atoms with Crippen LogP contribution in [0.2, 0.25) is 0 Å². The Balaban J connectivity index is 1.58. The number of carbonyl (C=O) groups is 2. The first-order valence-electron chi connectivity index (χ1n) is 8.94. The van der Waals surface area contributed by atoms with Crippen LogP contribution in [0, 0.1) is 17.8 Å². The van der Waals surface area contributed by atoms with Crippen molar-refractivity contribution in [2.75, 3.05) is 21.3 Å². The molecule has 2 saturated carbocycles. The first kappa shape index (κ1) is 18.4. The van der Waals surface area contributed by atoms with Crippen LogP contribution in [0.4, 0.5) is 0 Å². The molecule has 0 saturated heterocycles. The van der Waals surface area contributed by atoms with Crippen molar-refractivity contribution in [1.29, 1.82) is 0 Å². The Bertz CT molecular complexity index is 666. The molecule has 2 amide bonds. The van der Waals surface area contributed by atoms with Gasteiger partial charge in [-0.05, 0) is 49.1 Å². The lowest BCUT2D eigenvalue weighted by Gasteiger charge is -2.21. The summed E-state index contributed by atoms with van der Waals surface area (Å²) in [5, 5.41) is 0. The van der Waals surface area contributed by atoms with Crippen LogP contribution in [0.25, 0.3) is 0 Å². The predicted octanol–water partition coefficient (Wildman–Crippen LogP) is 2.30. The minimum Gasteiger partial charge on any atom is -0.493 e. The minimum atomic E-state index is -0.439. The highest BCUT2D eigenvalue weighted by Gasteiger charge is 2.40. The number of rotatable bonds is 6. The summed E-state index contributed by atoms with van der Waals surface area (Å²) in [5.74, 6) is 2.51. The number of fused-ring (bicyclic) bond motifs is 2. The zero-order chi connectivity index (χ0) is 18.7. The third kappa shape index (κ3) is 3.71. The van der Waals surface area contributed by atoms with Gasteiger partial charge >= 0.3 is 0 Å². The van der Waals surface area contributed by atoms with E-state index in [0.717, 1.165) is 12.3 Å². The van der Waals surface area contributed by atoms with Gasteiger partial charge in [0.05, 0.1) is 21.3 Å². The normalized spacial score (nSPS) is 23.4. The molecule has 0 unspecified atom stereocenters. The highest BCUT2D eigenvalue weighted by atomic mass is 16.5. The van der Waals surface area contributed by atoms with Gasteiger partial charge in [-0.2, -0.15) is 0 Å². The molecule has 0 spiro atoms. The summed E-state index contributed by atoms with van der Waals surface area (Å²) in [6.07, 6.45) is 5.41. The maximum Gasteiger partial charge on any atom is 0.269 e. The smallest absolute Gasteiger partial charge is 0.269 e. The molecule has 7 nitrogen and oxygen atoms in total. The number of amides is 2. The molecule has 26 heavy (non-hydrogen) atoms. The number of carbonyl (C=O) groups excluding carboxylic acids is 2. The second kappa shape index (κ2) is 7.85. The van der Waals surface area contributed by atoms with Crippen molar-refractivity contribution in [3.63, 3.8) is 0 Å². The zero-order valence-electron chi connectivity index (χ0n) is 15.5. The SMILES string of the molecule is COc1cc(C(=O)NNC(=O)C[C@@H]2C[C@@H]3CC[C@@H]2C3)cc(OC)c1OC. The summed E-state index contributed by atoms with van der Waals surface area (Å²) in [6.45, 7) is 0. The second-order valence-corrected chi connectivity index (χ2v) is 7.06. The first-order valence-corrected chi connectivity index (χ1v) is 8.94. The Kier molecular flexibility index (Phi) is 5.54. The molecule has 0 aromatic heterocycles. The molecule has 0 aliphatic heterocycles. The molecule has 3 atom stereocenters. The lowest BCUT2D eigenvalue weighted by atomic mass is 9.86. The van der Waals surface area contributed by atoms with Gasteiger partial charge in [-0.15, -0.1) is 0 Å². The van der Waals surface area contributed by atoms with Gasteiger partial charge < -0.3 is 14.2 Å². The molecule has 2 fully saturated rings. The van der Waals surface area contributed by atoms with Crippen molar-refractivity contribution in [1.82, 2.24) is 10.9 Å². The fourth-order valence-electron chi connectivity index (χ4n) is 4.33. The highest BCUT2D eigenvalue weighted by molar-refractivity contribution is 5.96. The molecule has 0 radical (unpaired) electrons. The average molecular weight is 362 g/mol. The van der Waals surface area contributed by atoms with Gasteiger partial charge in [0.25, 0.3) is 5.91 Å². The molecular formula is C19H26N2O5. The molecular weight excluding hydrogens is 336 g/mol. The summed E-state index contributed by atoms with van der Waals surface area (Å²) >= 11 is 0. The van der Waals surface area contributed by atoms with Crippen LogP contribution in [0.15, 0.2) is 12.1 Å². The third-order valence-electron chi connectivity index (χ3n) is 5.57. The summed E-state index contributed by atoms with van der Waals surface area (Å²) in [5.41, 5.74) is 5.29. The van der Waals surface area contributed by atoms with Gasteiger partial charge in [0.15, 0.2) is 11.5 Å². The van der Waals surface area contributed by atoms with E-state index in [2.05, 4.69) is 10.9 Å². The average Bonchev–Trinajstić information content (AvgIpc) is 3.27. The molecule has 1 aromatic rings. The first-order chi connectivity index (χ1) is 12.5. The number of benzene rings is 1. The number of hydrazine groups is 1. The largest absolute Gasteiger partial charge is 0.493 e. The number of nitrogens with one attached hydrogen (secondary N) is 2. The lowest BCUT2D eigenvalue weighted by Crippen LogP contribution is -2.42. The quantitative estimate of drug-likeness (QED) is 0.759. The van der Waals surface area contributed by atoms with Crippen LogP contribution in [0.3, 0.4) is 0 Å². The van der Waals surface area contributed by atoms with Gasteiger partial charge in [-0.25, -0.2) is 0 Å². The lowest BCUT2D eigenvalue weighted by molar-refractivity contribution is -0.123. The summed E-state index contributed by atoms with van der Waals surface area (Å²) in [7, 11) is 4.46. The van der Waals surface area contributed by atoms with Crippen molar-refractivity contribution in [3.8, 4) is 17.2 Å². The monoisotopic (exact) mass is 362 g/mol. The maximum absolute atomic E-state index is 12.4. The Hall–Kier alpha value is -2.44. The number of methoxy groups -OCH3 is 3. The van der Waals surface area contributed by atoms with Gasteiger partial charge in [0.2, 0.25) is 11.7 Å². The highest BCUT2D eigenvalue weighted by Crippen LogP contribution is 2.49. The molecule has 2 aliphatic carbocycles. The minimum absolute atomic E-state index is 0.150. The predicted molar refractivity (Wildman–Crippen MR) is 95.3 cm³/mol. The van der Waals surface area contributed by atoms with E-state index in [1.807, 2.05) is 0 Å². The van der Waals surface area contributed by atoms with E-state index < -0.39 is 5.91 Å². The van der Waals surface area contributed by atoms with Crippen molar-refractivity contribution in [2.45, 2.75) is 32.1 Å². The Morgan fingerprint density at radius 1 is 1.00 bits per heavy atom. The van der Waals surface area contributed by atoms with Crippen LogP contribution < -0.4 is 25.1 Å². The van der Waals surface area contributed by atoms with Gasteiger partial charge in [0, 0.05) is 12.0 Å². The maximum atomic E-state index is 12.4.